The van der Waals surface area contributed by atoms with Crippen LogP contribution >= 0.6 is 0 Å². The largest absolute Gasteiger partial charge is 0.489 e. The molecule has 1 N–H and O–H groups in total. The maximum atomic E-state index is 12.4. The van der Waals surface area contributed by atoms with Crippen LogP contribution in [0.15, 0.2) is 78.4 Å². The van der Waals surface area contributed by atoms with Gasteiger partial charge in [-0.25, -0.2) is 0 Å². The van der Waals surface area contributed by atoms with Gasteiger partial charge in [0.1, 0.15) is 24.0 Å². The Balaban J connectivity index is 1.65. The molecule has 0 saturated carbocycles. The molecule has 144 valence electrons. The van der Waals surface area contributed by atoms with E-state index in [2.05, 4.69) is 11.4 Å². The van der Waals surface area contributed by atoms with Crippen molar-refractivity contribution in [1.82, 2.24) is 0 Å². The molecule has 0 spiro atoms. The minimum absolute atomic E-state index is 0.0416. The molecule has 29 heavy (non-hydrogen) atoms. The van der Waals surface area contributed by atoms with Crippen LogP contribution in [0, 0.1) is 25.2 Å². The predicted molar refractivity (Wildman–Crippen MR) is 115 cm³/mol. The van der Waals surface area contributed by atoms with Gasteiger partial charge in [0.15, 0.2) is 0 Å². The fourth-order valence-electron chi connectivity index (χ4n) is 2.87. The van der Waals surface area contributed by atoms with E-state index >= 15 is 0 Å². The van der Waals surface area contributed by atoms with Crippen LogP contribution in [0.5, 0.6) is 5.75 Å². The predicted octanol–water partition coefficient (Wildman–Crippen LogP) is 5.43. The number of aryl methyl sites for hydroxylation is 2. The van der Waals surface area contributed by atoms with E-state index in [1.807, 2.05) is 80.6 Å². The van der Waals surface area contributed by atoms with Gasteiger partial charge in [-0.1, -0.05) is 54.1 Å². The van der Waals surface area contributed by atoms with Crippen LogP contribution in [-0.4, -0.2) is 5.91 Å². The average molecular weight is 382 g/mol. The first-order chi connectivity index (χ1) is 14.0. The third-order valence-electron chi connectivity index (χ3n) is 4.32. The molecule has 0 atom stereocenters. The zero-order chi connectivity index (χ0) is 20.6. The van der Waals surface area contributed by atoms with Crippen LogP contribution in [0.1, 0.15) is 22.3 Å². The highest BCUT2D eigenvalue weighted by Gasteiger charge is 2.09. The molecule has 0 saturated heterocycles. The quantitative estimate of drug-likeness (QED) is 0.457. The monoisotopic (exact) mass is 382 g/mol. The Bertz CT molecular complexity index is 1080. The van der Waals surface area contributed by atoms with Crippen molar-refractivity contribution >= 4 is 17.7 Å². The molecule has 0 radical (unpaired) electrons. The van der Waals surface area contributed by atoms with Crippen molar-refractivity contribution in [2.24, 2.45) is 0 Å². The fraction of sp³-hybridized carbons (Fsp3) is 0.120. The number of rotatable bonds is 6. The molecule has 3 rings (SSSR count). The molecule has 4 nitrogen and oxygen atoms in total. The van der Waals surface area contributed by atoms with Crippen LogP contribution in [0.2, 0.25) is 0 Å². The Morgan fingerprint density at radius 3 is 2.34 bits per heavy atom. The van der Waals surface area contributed by atoms with Crippen LogP contribution in [0.3, 0.4) is 0 Å². The molecule has 4 heteroatoms. The molecule has 0 aromatic heterocycles. The van der Waals surface area contributed by atoms with Gasteiger partial charge >= 0.3 is 0 Å². The maximum Gasteiger partial charge on any atom is 0.266 e. The van der Waals surface area contributed by atoms with Gasteiger partial charge in [-0.3, -0.25) is 4.79 Å². The summed E-state index contributed by atoms with van der Waals surface area (Å²) in [5, 5.41) is 12.1. The summed E-state index contributed by atoms with van der Waals surface area (Å²) in [6.45, 7) is 4.48. The molecular weight excluding hydrogens is 360 g/mol. The van der Waals surface area contributed by atoms with Gasteiger partial charge in [0, 0.05) is 5.69 Å². The normalized spacial score (nSPS) is 10.9. The average Bonchev–Trinajstić information content (AvgIpc) is 2.71. The smallest absolute Gasteiger partial charge is 0.266 e. The van der Waals surface area contributed by atoms with Crippen molar-refractivity contribution in [2.45, 2.75) is 20.5 Å². The third-order valence-corrected chi connectivity index (χ3v) is 4.32. The second kappa shape index (κ2) is 9.38. The number of hydrogen-bond acceptors (Lipinski definition) is 3. The number of nitriles is 1. The van der Waals surface area contributed by atoms with Gasteiger partial charge in [-0.05, 0) is 60.9 Å². The van der Waals surface area contributed by atoms with Gasteiger partial charge in [0.2, 0.25) is 0 Å². The lowest BCUT2D eigenvalue weighted by Crippen LogP contribution is -2.13. The summed E-state index contributed by atoms with van der Waals surface area (Å²) < 4.78 is 5.81. The molecule has 0 aliphatic heterocycles. The van der Waals surface area contributed by atoms with Crippen molar-refractivity contribution in [3.05, 3.63) is 101 Å². The number of anilines is 1. The number of hydrogen-bond donors (Lipinski definition) is 1. The second-order valence-corrected chi connectivity index (χ2v) is 6.84. The highest BCUT2D eigenvalue weighted by Crippen LogP contribution is 2.17. The first kappa shape index (κ1) is 19.9. The van der Waals surface area contributed by atoms with Gasteiger partial charge in [0.25, 0.3) is 5.91 Å². The van der Waals surface area contributed by atoms with Gasteiger partial charge in [0.05, 0.1) is 0 Å². The number of nitrogens with zero attached hydrogens (tertiary/aromatic N) is 1. The molecule has 0 fully saturated rings. The van der Waals surface area contributed by atoms with E-state index in [1.54, 1.807) is 12.1 Å². The fourth-order valence-corrected chi connectivity index (χ4v) is 2.87. The number of benzene rings is 3. The summed E-state index contributed by atoms with van der Waals surface area (Å²) in [7, 11) is 0. The second-order valence-electron chi connectivity index (χ2n) is 6.84. The van der Waals surface area contributed by atoms with E-state index < -0.39 is 5.91 Å². The lowest BCUT2D eigenvalue weighted by Gasteiger charge is -2.08. The van der Waals surface area contributed by atoms with Crippen molar-refractivity contribution in [3.8, 4) is 11.8 Å². The molecule has 3 aromatic rings. The molecule has 0 aliphatic rings. The highest BCUT2D eigenvalue weighted by atomic mass is 16.5. The van der Waals surface area contributed by atoms with E-state index in [-0.39, 0.29) is 5.57 Å². The third kappa shape index (κ3) is 5.82. The Morgan fingerprint density at radius 1 is 1.00 bits per heavy atom. The molecule has 0 aliphatic carbocycles. The van der Waals surface area contributed by atoms with Crippen molar-refractivity contribution in [2.75, 3.05) is 5.32 Å². The van der Waals surface area contributed by atoms with Crippen molar-refractivity contribution in [3.63, 3.8) is 0 Å². The standard InChI is InChI=1S/C25H22N2O2/c1-18-5-3-7-21(13-18)17-29-24-11-9-20(10-12-24)15-22(16-26)25(28)27-23-8-4-6-19(2)14-23/h3-15H,17H2,1-2H3,(H,27,28)/b22-15-. The SMILES string of the molecule is Cc1cccc(COc2ccc(/C=C(/C#N)C(=O)Nc3cccc(C)c3)cc2)c1. The van der Waals surface area contributed by atoms with E-state index in [0.29, 0.717) is 12.3 Å². The first-order valence-electron chi connectivity index (χ1n) is 9.32. The van der Waals surface area contributed by atoms with Crippen LogP contribution in [-0.2, 0) is 11.4 Å². The van der Waals surface area contributed by atoms with E-state index in [9.17, 15) is 10.1 Å². The summed E-state index contributed by atoms with van der Waals surface area (Å²) in [6, 6.07) is 24.9. The maximum absolute atomic E-state index is 12.4. The Hall–Kier alpha value is -3.84. The van der Waals surface area contributed by atoms with E-state index in [4.69, 9.17) is 4.74 Å². The Labute approximate surface area is 171 Å². The van der Waals surface area contributed by atoms with E-state index in [1.165, 1.54) is 5.56 Å². The highest BCUT2D eigenvalue weighted by molar-refractivity contribution is 6.09. The van der Waals surface area contributed by atoms with Gasteiger partial charge < -0.3 is 10.1 Å². The molecular formula is C25H22N2O2. The number of nitrogens with one attached hydrogen (secondary N) is 1. The number of ether oxygens (including phenoxy) is 1. The summed E-state index contributed by atoms with van der Waals surface area (Å²) in [5.41, 5.74) is 4.79. The minimum atomic E-state index is -0.433. The topological polar surface area (TPSA) is 62.1 Å². The van der Waals surface area contributed by atoms with Gasteiger partial charge in [-0.15, -0.1) is 0 Å². The van der Waals surface area contributed by atoms with Gasteiger partial charge in [-0.2, -0.15) is 5.26 Å². The van der Waals surface area contributed by atoms with Crippen molar-refractivity contribution in [1.29, 1.82) is 5.26 Å². The summed E-state index contributed by atoms with van der Waals surface area (Å²) in [5.74, 6) is 0.296. The minimum Gasteiger partial charge on any atom is -0.489 e. The summed E-state index contributed by atoms with van der Waals surface area (Å²) in [4.78, 5) is 12.4. The zero-order valence-electron chi connectivity index (χ0n) is 16.5. The first-order valence-corrected chi connectivity index (χ1v) is 9.32. The van der Waals surface area contributed by atoms with Crippen LogP contribution in [0.4, 0.5) is 5.69 Å². The van der Waals surface area contributed by atoms with Crippen LogP contribution in [0.25, 0.3) is 6.08 Å². The Kier molecular flexibility index (Phi) is 6.44. The lowest BCUT2D eigenvalue weighted by molar-refractivity contribution is -0.112. The van der Waals surface area contributed by atoms with Crippen molar-refractivity contribution < 1.29 is 9.53 Å². The molecule has 0 bridgehead atoms. The lowest BCUT2D eigenvalue weighted by atomic mass is 10.1. The summed E-state index contributed by atoms with van der Waals surface area (Å²) in [6.07, 6.45) is 1.56. The number of carbonyl (C=O) groups excluding carboxylic acids is 1. The molecule has 3 aromatic carbocycles. The van der Waals surface area contributed by atoms with E-state index in [0.717, 1.165) is 22.4 Å². The van der Waals surface area contributed by atoms with Crippen LogP contribution < -0.4 is 10.1 Å². The molecule has 0 unspecified atom stereocenters. The number of amides is 1. The summed E-state index contributed by atoms with van der Waals surface area (Å²) >= 11 is 0. The zero-order valence-corrected chi connectivity index (χ0v) is 16.5. The number of carbonyl (C=O) groups is 1. The molecule has 0 heterocycles. The molecule has 1 amide bonds. The Morgan fingerprint density at radius 2 is 1.69 bits per heavy atom.